The molecule has 65 heavy (non-hydrogen) atoms. The summed E-state index contributed by atoms with van der Waals surface area (Å²) in [5.74, 6) is -6.53. The van der Waals surface area contributed by atoms with Crippen LogP contribution >= 0.6 is 0 Å². The van der Waals surface area contributed by atoms with Gasteiger partial charge in [0.25, 0.3) is 8.32 Å². The summed E-state index contributed by atoms with van der Waals surface area (Å²) in [5.41, 5.74) is 1.91. The van der Waals surface area contributed by atoms with Crippen LogP contribution in [-0.2, 0) is 47.9 Å². The Kier molecular flexibility index (Phi) is 15.7. The van der Waals surface area contributed by atoms with Gasteiger partial charge in [0.15, 0.2) is 6.10 Å². The summed E-state index contributed by atoms with van der Waals surface area (Å²) in [6.07, 6.45) is -7.26. The Hall–Kier alpha value is -5.66. The normalized spacial score (nSPS) is 19.1. The monoisotopic (exact) mass is 898 g/mol. The van der Waals surface area contributed by atoms with Crippen LogP contribution in [0.5, 0.6) is 0 Å². The van der Waals surface area contributed by atoms with Crippen molar-refractivity contribution in [2.45, 2.75) is 89.0 Å². The van der Waals surface area contributed by atoms with E-state index < -0.39 is 67.1 Å². The van der Waals surface area contributed by atoms with Crippen molar-refractivity contribution in [3.8, 4) is 0 Å². The third-order valence-corrected chi connectivity index (χ3v) is 16.7. The predicted molar refractivity (Wildman–Crippen MR) is 249 cm³/mol. The number of ketones is 1. The summed E-state index contributed by atoms with van der Waals surface area (Å²) in [5, 5.41) is 1.49. The van der Waals surface area contributed by atoms with Gasteiger partial charge in [-0.15, -0.1) is 0 Å². The van der Waals surface area contributed by atoms with Gasteiger partial charge in [-0.25, -0.2) is 4.79 Å². The Bertz CT molecular complexity index is 2380. The molecule has 1 fully saturated rings. The van der Waals surface area contributed by atoms with Crippen molar-refractivity contribution < 1.29 is 46.5 Å². The van der Waals surface area contributed by atoms with Crippen LogP contribution in [0.4, 0.5) is 8.78 Å². The number of hydrogen-bond donors (Lipinski definition) is 0. The molecule has 338 valence electrons. The van der Waals surface area contributed by atoms with Gasteiger partial charge in [0.2, 0.25) is 5.78 Å². The van der Waals surface area contributed by atoms with E-state index in [1.807, 2.05) is 127 Å². The van der Waals surface area contributed by atoms with E-state index in [-0.39, 0.29) is 38.6 Å². The average molecular weight is 899 g/mol. The lowest BCUT2D eigenvalue weighted by Crippen LogP contribution is -2.70. The van der Waals surface area contributed by atoms with Crippen LogP contribution in [0.25, 0.3) is 0 Å². The molecule has 0 radical (unpaired) electrons. The molecule has 6 aromatic carbocycles. The van der Waals surface area contributed by atoms with Crippen LogP contribution in [0.1, 0.15) is 65.1 Å². The first-order valence-corrected chi connectivity index (χ1v) is 23.9. The Morgan fingerprint density at radius 1 is 0.569 bits per heavy atom. The lowest BCUT2D eigenvalue weighted by molar-refractivity contribution is -0.298. The maximum absolute atomic E-state index is 17.7. The fraction of sp³-hybridized carbons (Fsp3) is 0.296. The average Bonchev–Trinajstić information content (AvgIpc) is 3.33. The Labute approximate surface area is 381 Å². The van der Waals surface area contributed by atoms with E-state index in [1.54, 1.807) is 6.92 Å². The maximum Gasteiger partial charge on any atom is 0.338 e. The molecule has 0 N–H and O–H groups in total. The standard InChI is InChI=1S/C54H56F2O8Si/c1-5-59-52(58)43-29-21-28-42(34-43)50(57)54(55,56)51-49(62-37-41-26-15-8-16-27-41)48(61-36-40-24-13-7-14-25-40)47(60-35-39-22-11-6-12-23-39)46(64-51)38-63-65(53(2,3)4,44-30-17-9-18-31-44)45-32-19-10-20-33-45/h6-34,46-49,51H,5,35-38H2,1-4H3/t46-,47-,48+,49+,51+/m1/s1. The van der Waals surface area contributed by atoms with Crippen molar-refractivity contribution in [3.05, 3.63) is 204 Å². The van der Waals surface area contributed by atoms with Crippen molar-refractivity contribution in [1.82, 2.24) is 0 Å². The molecule has 0 aliphatic carbocycles. The lowest BCUT2D eigenvalue weighted by atomic mass is 9.88. The van der Waals surface area contributed by atoms with Gasteiger partial charge in [-0.1, -0.05) is 185 Å². The van der Waals surface area contributed by atoms with Gasteiger partial charge < -0.3 is 28.1 Å². The second-order valence-electron chi connectivity index (χ2n) is 17.1. The summed E-state index contributed by atoms with van der Waals surface area (Å²) in [7, 11) is -3.29. The molecule has 5 atom stereocenters. The molecule has 1 saturated heterocycles. The molecule has 0 bridgehead atoms. The van der Waals surface area contributed by atoms with E-state index in [2.05, 4.69) is 45.0 Å². The van der Waals surface area contributed by atoms with Crippen molar-refractivity contribution >= 4 is 30.4 Å². The molecule has 0 saturated carbocycles. The molecular formula is C54H56F2O8Si. The van der Waals surface area contributed by atoms with Crippen molar-refractivity contribution in [1.29, 1.82) is 0 Å². The summed E-state index contributed by atoms with van der Waals surface area (Å²) < 4.78 is 74.8. The topological polar surface area (TPSA) is 89.5 Å². The largest absolute Gasteiger partial charge is 0.462 e. The second-order valence-corrected chi connectivity index (χ2v) is 21.4. The number of Topliss-reactive ketones (excluding diaryl/α,β-unsaturated/α-hetero) is 1. The number of esters is 1. The highest BCUT2D eigenvalue weighted by Gasteiger charge is 2.61. The summed E-state index contributed by atoms with van der Waals surface area (Å²) in [6.45, 7) is 7.88. The van der Waals surface area contributed by atoms with Crippen LogP contribution in [-0.4, -0.2) is 69.7 Å². The van der Waals surface area contributed by atoms with E-state index in [1.165, 1.54) is 18.2 Å². The van der Waals surface area contributed by atoms with Gasteiger partial charge in [0, 0.05) is 5.56 Å². The van der Waals surface area contributed by atoms with Gasteiger partial charge in [-0.2, -0.15) is 8.78 Å². The third kappa shape index (κ3) is 11.1. The SMILES string of the molecule is CCOC(=O)c1cccc(C(=O)C(F)(F)[C@H]2O[C@H](CO[Si](c3ccccc3)(c3ccccc3)C(C)(C)C)[C@@H](OCc3ccccc3)[C@H](OCc3ccccc3)[C@@H]2OCc2ccccc2)c1. The minimum absolute atomic E-state index is 0.0119. The fourth-order valence-electron chi connectivity index (χ4n) is 8.51. The Balaban J connectivity index is 1.37. The third-order valence-electron chi connectivity index (χ3n) is 11.7. The van der Waals surface area contributed by atoms with Gasteiger partial charge in [-0.3, -0.25) is 4.79 Å². The predicted octanol–water partition coefficient (Wildman–Crippen LogP) is 9.78. The molecule has 1 aliphatic heterocycles. The number of rotatable bonds is 19. The molecule has 0 spiro atoms. The molecule has 0 aromatic heterocycles. The maximum atomic E-state index is 17.7. The van der Waals surface area contributed by atoms with Gasteiger partial charge in [-0.05, 0) is 51.2 Å². The Morgan fingerprint density at radius 3 is 1.46 bits per heavy atom. The number of halogens is 2. The van der Waals surface area contributed by atoms with Crippen molar-refractivity contribution in [2.24, 2.45) is 0 Å². The van der Waals surface area contributed by atoms with Crippen molar-refractivity contribution in [2.75, 3.05) is 13.2 Å². The molecule has 11 heteroatoms. The molecule has 7 rings (SSSR count). The highest BCUT2D eigenvalue weighted by atomic mass is 28.4. The van der Waals surface area contributed by atoms with E-state index in [0.29, 0.717) is 5.56 Å². The quantitative estimate of drug-likeness (QED) is 0.0452. The number of carbonyl (C=O) groups is 2. The summed E-state index contributed by atoms with van der Waals surface area (Å²) in [4.78, 5) is 27.1. The number of carbonyl (C=O) groups excluding carboxylic acids is 2. The van der Waals surface area contributed by atoms with Crippen LogP contribution < -0.4 is 10.4 Å². The molecule has 1 heterocycles. The fourth-order valence-corrected chi connectivity index (χ4v) is 13.1. The molecule has 6 aromatic rings. The molecule has 0 amide bonds. The lowest BCUT2D eigenvalue weighted by Gasteiger charge is -2.49. The molecule has 8 nitrogen and oxygen atoms in total. The smallest absolute Gasteiger partial charge is 0.338 e. The van der Waals surface area contributed by atoms with E-state index in [0.717, 1.165) is 27.6 Å². The zero-order valence-corrected chi connectivity index (χ0v) is 38.2. The van der Waals surface area contributed by atoms with Crippen LogP contribution in [0.2, 0.25) is 5.04 Å². The minimum Gasteiger partial charge on any atom is -0.462 e. The van der Waals surface area contributed by atoms with Crippen LogP contribution in [0, 0.1) is 0 Å². The van der Waals surface area contributed by atoms with Crippen molar-refractivity contribution in [3.63, 3.8) is 0 Å². The number of hydrogen-bond acceptors (Lipinski definition) is 8. The summed E-state index contributed by atoms with van der Waals surface area (Å²) in [6, 6.07) is 53.2. The van der Waals surface area contributed by atoms with E-state index >= 15 is 8.78 Å². The molecule has 0 unspecified atom stereocenters. The first-order valence-electron chi connectivity index (χ1n) is 22.0. The highest BCUT2D eigenvalue weighted by Crippen LogP contribution is 2.41. The van der Waals surface area contributed by atoms with Crippen LogP contribution in [0.3, 0.4) is 0 Å². The molecule has 1 aliphatic rings. The van der Waals surface area contributed by atoms with Gasteiger partial charge in [0.05, 0.1) is 38.6 Å². The zero-order valence-electron chi connectivity index (χ0n) is 37.2. The number of alkyl halides is 2. The van der Waals surface area contributed by atoms with Gasteiger partial charge in [0.1, 0.15) is 24.4 Å². The zero-order chi connectivity index (χ0) is 45.9. The van der Waals surface area contributed by atoms with Crippen LogP contribution in [0.15, 0.2) is 176 Å². The minimum atomic E-state index is -4.23. The second kappa shape index (κ2) is 21.6. The molecular weight excluding hydrogens is 843 g/mol. The summed E-state index contributed by atoms with van der Waals surface area (Å²) >= 11 is 0. The van der Waals surface area contributed by atoms with E-state index in [9.17, 15) is 9.59 Å². The van der Waals surface area contributed by atoms with E-state index in [4.69, 9.17) is 28.1 Å². The Morgan fingerprint density at radius 2 is 1.00 bits per heavy atom. The number of ether oxygens (including phenoxy) is 5. The van der Waals surface area contributed by atoms with Gasteiger partial charge >= 0.3 is 11.9 Å². The first kappa shape index (κ1) is 47.3. The highest BCUT2D eigenvalue weighted by molar-refractivity contribution is 6.99. The number of benzene rings is 6. The first-order chi connectivity index (χ1) is 31.4.